The highest BCUT2D eigenvalue weighted by molar-refractivity contribution is 7.81. The van der Waals surface area contributed by atoms with Gasteiger partial charge in [0, 0.05) is 5.69 Å². The third-order valence-electron chi connectivity index (χ3n) is 1.86. The van der Waals surface area contributed by atoms with Crippen molar-refractivity contribution in [1.29, 1.82) is 0 Å². The molecular formula is C13H17NO4S. The van der Waals surface area contributed by atoms with E-state index in [9.17, 15) is 9.59 Å². The Kier molecular flexibility index (Phi) is 5.23. The Balaban J connectivity index is 2.57. The molecule has 5 nitrogen and oxygen atoms in total. The van der Waals surface area contributed by atoms with E-state index in [1.165, 1.54) is 0 Å². The second-order valence-corrected chi connectivity index (χ2v) is 5.10. The van der Waals surface area contributed by atoms with Crippen LogP contribution in [-0.4, -0.2) is 23.4 Å². The van der Waals surface area contributed by atoms with Crippen LogP contribution in [0.15, 0.2) is 24.3 Å². The molecule has 1 aromatic carbocycles. The molecule has 6 heteroatoms. The lowest BCUT2D eigenvalue weighted by Crippen LogP contribution is -2.27. The maximum atomic E-state index is 11.5. The summed E-state index contributed by atoms with van der Waals surface area (Å²) in [6, 6.07) is 6.39. The van der Waals surface area contributed by atoms with E-state index in [1.807, 2.05) is 0 Å². The summed E-state index contributed by atoms with van der Waals surface area (Å²) in [4.78, 5) is 22.5. The molecule has 1 amide bonds. The zero-order valence-corrected chi connectivity index (χ0v) is 12.0. The summed E-state index contributed by atoms with van der Waals surface area (Å²) < 4.78 is 10.1. The second-order valence-electron chi connectivity index (χ2n) is 4.78. The largest absolute Gasteiger partial charge is 0.444 e. The van der Waals surface area contributed by atoms with E-state index >= 15 is 0 Å². The van der Waals surface area contributed by atoms with Crippen LogP contribution in [0.3, 0.4) is 0 Å². The quantitative estimate of drug-likeness (QED) is 0.508. The SMILES string of the molecule is CC(C)(C)OC(=O)Nc1ccc(OC(=O)CS)cc1. The van der Waals surface area contributed by atoms with Crippen molar-refractivity contribution in [2.45, 2.75) is 26.4 Å². The number of hydrogen-bond donors (Lipinski definition) is 2. The predicted molar refractivity (Wildman–Crippen MR) is 75.8 cm³/mol. The van der Waals surface area contributed by atoms with E-state index in [0.717, 1.165) is 0 Å². The average molecular weight is 283 g/mol. The van der Waals surface area contributed by atoms with Gasteiger partial charge in [0.2, 0.25) is 0 Å². The molecular weight excluding hydrogens is 266 g/mol. The number of carbonyl (C=O) groups excluding carboxylic acids is 2. The third kappa shape index (κ3) is 6.15. The van der Waals surface area contributed by atoms with Gasteiger partial charge in [0.25, 0.3) is 0 Å². The van der Waals surface area contributed by atoms with Crippen LogP contribution in [0, 0.1) is 0 Å². The molecule has 0 spiro atoms. The van der Waals surface area contributed by atoms with Gasteiger partial charge in [-0.2, -0.15) is 12.6 Å². The number of amides is 1. The molecule has 0 saturated heterocycles. The highest BCUT2D eigenvalue weighted by Gasteiger charge is 2.16. The molecule has 0 heterocycles. The van der Waals surface area contributed by atoms with E-state index in [-0.39, 0.29) is 5.75 Å². The van der Waals surface area contributed by atoms with Crippen LogP contribution >= 0.6 is 12.6 Å². The lowest BCUT2D eigenvalue weighted by molar-refractivity contribution is -0.131. The van der Waals surface area contributed by atoms with Gasteiger partial charge >= 0.3 is 12.1 Å². The summed E-state index contributed by atoms with van der Waals surface area (Å²) in [5, 5.41) is 2.58. The van der Waals surface area contributed by atoms with E-state index in [1.54, 1.807) is 45.0 Å². The Hall–Kier alpha value is -1.69. The number of hydrogen-bond acceptors (Lipinski definition) is 5. The van der Waals surface area contributed by atoms with Crippen molar-refractivity contribution in [3.05, 3.63) is 24.3 Å². The molecule has 104 valence electrons. The van der Waals surface area contributed by atoms with Gasteiger partial charge in [-0.3, -0.25) is 10.1 Å². The van der Waals surface area contributed by atoms with Crippen LogP contribution in [0.2, 0.25) is 0 Å². The lowest BCUT2D eigenvalue weighted by Gasteiger charge is -2.19. The van der Waals surface area contributed by atoms with Crippen molar-refractivity contribution >= 4 is 30.4 Å². The number of benzene rings is 1. The van der Waals surface area contributed by atoms with Gasteiger partial charge in [0.15, 0.2) is 0 Å². The van der Waals surface area contributed by atoms with Crippen molar-refractivity contribution in [3.8, 4) is 5.75 Å². The minimum Gasteiger partial charge on any atom is -0.444 e. The maximum absolute atomic E-state index is 11.5. The highest BCUT2D eigenvalue weighted by atomic mass is 32.1. The third-order valence-corrected chi connectivity index (χ3v) is 2.12. The zero-order valence-electron chi connectivity index (χ0n) is 11.1. The Bertz CT molecular complexity index is 451. The van der Waals surface area contributed by atoms with E-state index in [2.05, 4.69) is 17.9 Å². The molecule has 0 bridgehead atoms. The first-order chi connectivity index (χ1) is 8.80. The Morgan fingerprint density at radius 3 is 2.26 bits per heavy atom. The molecule has 1 aromatic rings. The summed E-state index contributed by atoms with van der Waals surface area (Å²) in [7, 11) is 0. The van der Waals surface area contributed by atoms with Crippen molar-refractivity contribution in [1.82, 2.24) is 0 Å². The Morgan fingerprint density at radius 2 is 1.79 bits per heavy atom. The normalized spacial score (nSPS) is 10.7. The molecule has 19 heavy (non-hydrogen) atoms. The van der Waals surface area contributed by atoms with Gasteiger partial charge in [0.05, 0.1) is 5.75 Å². The van der Waals surface area contributed by atoms with Gasteiger partial charge in [0.1, 0.15) is 11.4 Å². The van der Waals surface area contributed by atoms with Gasteiger partial charge in [-0.1, -0.05) is 0 Å². The van der Waals surface area contributed by atoms with Crippen molar-refractivity contribution in [2.75, 3.05) is 11.1 Å². The van der Waals surface area contributed by atoms with Crippen molar-refractivity contribution in [2.24, 2.45) is 0 Å². The van der Waals surface area contributed by atoms with Crippen LogP contribution in [-0.2, 0) is 9.53 Å². The minimum atomic E-state index is -0.549. The molecule has 0 aliphatic rings. The molecule has 0 unspecified atom stereocenters. The van der Waals surface area contributed by atoms with Crippen LogP contribution in [0.25, 0.3) is 0 Å². The summed E-state index contributed by atoms with van der Waals surface area (Å²) in [5.41, 5.74) is 0.00600. The zero-order chi connectivity index (χ0) is 14.5. The minimum absolute atomic E-state index is 0.0118. The number of rotatable bonds is 3. The van der Waals surface area contributed by atoms with Crippen LogP contribution in [0.5, 0.6) is 5.75 Å². The summed E-state index contributed by atoms with van der Waals surface area (Å²) in [6.07, 6.45) is -0.535. The number of nitrogens with one attached hydrogen (secondary N) is 1. The van der Waals surface area contributed by atoms with Crippen molar-refractivity contribution < 1.29 is 19.1 Å². The molecule has 1 rings (SSSR count). The van der Waals surface area contributed by atoms with E-state index in [4.69, 9.17) is 9.47 Å². The monoisotopic (exact) mass is 283 g/mol. The fraction of sp³-hybridized carbons (Fsp3) is 0.385. The second kappa shape index (κ2) is 6.47. The number of thiol groups is 1. The molecule has 0 aromatic heterocycles. The number of esters is 1. The lowest BCUT2D eigenvalue weighted by atomic mass is 10.2. The van der Waals surface area contributed by atoms with Gasteiger partial charge in [-0.05, 0) is 45.0 Å². The number of ether oxygens (including phenoxy) is 2. The number of carbonyl (C=O) groups is 2. The molecule has 1 N–H and O–H groups in total. The number of anilines is 1. The fourth-order valence-corrected chi connectivity index (χ4v) is 1.26. The summed E-state index contributed by atoms with van der Waals surface area (Å²) in [5.74, 6) is -0.0252. The van der Waals surface area contributed by atoms with Crippen LogP contribution < -0.4 is 10.1 Å². The summed E-state index contributed by atoms with van der Waals surface area (Å²) >= 11 is 3.80. The Labute approximate surface area is 117 Å². The van der Waals surface area contributed by atoms with Gasteiger partial charge < -0.3 is 9.47 Å². The average Bonchev–Trinajstić information content (AvgIpc) is 2.29. The fourth-order valence-electron chi connectivity index (χ4n) is 1.19. The van der Waals surface area contributed by atoms with Gasteiger partial charge in [-0.25, -0.2) is 4.79 Å². The Morgan fingerprint density at radius 1 is 1.21 bits per heavy atom. The van der Waals surface area contributed by atoms with Crippen LogP contribution in [0.1, 0.15) is 20.8 Å². The first kappa shape index (κ1) is 15.4. The van der Waals surface area contributed by atoms with E-state index in [0.29, 0.717) is 11.4 Å². The molecule has 0 aliphatic heterocycles. The standard InChI is InChI=1S/C13H17NO4S/c1-13(2,3)18-12(16)14-9-4-6-10(7-5-9)17-11(15)8-19/h4-7,19H,8H2,1-3H3,(H,14,16). The topological polar surface area (TPSA) is 64.6 Å². The maximum Gasteiger partial charge on any atom is 0.412 e. The smallest absolute Gasteiger partial charge is 0.412 e. The predicted octanol–water partition coefficient (Wildman–Crippen LogP) is 2.87. The molecule has 0 aliphatic carbocycles. The van der Waals surface area contributed by atoms with Gasteiger partial charge in [-0.15, -0.1) is 0 Å². The highest BCUT2D eigenvalue weighted by Crippen LogP contribution is 2.17. The first-order valence-electron chi connectivity index (χ1n) is 5.72. The molecule has 0 radical (unpaired) electrons. The molecule has 0 atom stereocenters. The van der Waals surface area contributed by atoms with Crippen LogP contribution in [0.4, 0.5) is 10.5 Å². The molecule has 0 fully saturated rings. The summed E-state index contributed by atoms with van der Waals surface area (Å²) in [6.45, 7) is 5.35. The van der Waals surface area contributed by atoms with E-state index < -0.39 is 17.7 Å². The molecule has 0 saturated carbocycles. The first-order valence-corrected chi connectivity index (χ1v) is 6.35. The van der Waals surface area contributed by atoms with Crippen molar-refractivity contribution in [3.63, 3.8) is 0 Å².